The van der Waals surface area contributed by atoms with Crippen LogP contribution in [0.2, 0.25) is 10.0 Å². The molecule has 1 fully saturated rings. The summed E-state index contributed by atoms with van der Waals surface area (Å²) in [5.74, 6) is -1.31. The molecule has 2 aromatic carbocycles. The van der Waals surface area contributed by atoms with Crippen LogP contribution in [0.15, 0.2) is 54.9 Å². The van der Waals surface area contributed by atoms with Crippen LogP contribution in [0.3, 0.4) is 0 Å². The molecule has 0 radical (unpaired) electrons. The number of carbonyl (C=O) groups is 1. The number of ether oxygens (including phenoxy) is 3. The first-order chi connectivity index (χ1) is 21.2. The van der Waals surface area contributed by atoms with Gasteiger partial charge in [0.2, 0.25) is 20.0 Å². The Balaban J connectivity index is 1.50. The molecule has 1 atom stereocenters. The first-order valence-corrected chi connectivity index (χ1v) is 17.8. The van der Waals surface area contributed by atoms with Crippen molar-refractivity contribution >= 4 is 54.9 Å². The highest BCUT2D eigenvalue weighted by Gasteiger charge is 2.26. The maximum atomic E-state index is 13.1. The number of sulfonamides is 2. The summed E-state index contributed by atoms with van der Waals surface area (Å²) in [5.41, 5.74) is 1.34. The second kappa shape index (κ2) is 14.9. The molecule has 3 N–H and O–H groups in total. The van der Waals surface area contributed by atoms with Crippen molar-refractivity contribution in [1.82, 2.24) is 4.72 Å². The van der Waals surface area contributed by atoms with Gasteiger partial charge < -0.3 is 14.2 Å². The fraction of sp³-hybridized carbons (Fsp3) is 0.357. The van der Waals surface area contributed by atoms with E-state index in [1.807, 2.05) is 0 Å². The minimum Gasteiger partial charge on any atom is -0.489 e. The molecule has 45 heavy (non-hydrogen) atoms. The number of rotatable bonds is 16. The molecule has 244 valence electrons. The number of alkyl halides is 2. The summed E-state index contributed by atoms with van der Waals surface area (Å²) in [7, 11) is -7.53. The Hall–Kier alpha value is -3.24. The molecule has 0 saturated heterocycles. The molecule has 11 nitrogen and oxygen atoms in total. The number of halogens is 4. The van der Waals surface area contributed by atoms with Crippen molar-refractivity contribution in [2.45, 2.75) is 37.7 Å². The van der Waals surface area contributed by atoms with E-state index in [0.717, 1.165) is 19.1 Å². The maximum Gasteiger partial charge on any atom is 0.387 e. The average Bonchev–Trinajstić information content (AvgIpc) is 3.77. The van der Waals surface area contributed by atoms with E-state index in [1.54, 1.807) is 0 Å². The van der Waals surface area contributed by atoms with E-state index in [-0.39, 0.29) is 33.7 Å². The number of hydrogen-bond acceptors (Lipinski definition) is 8. The molecule has 1 aliphatic rings. The van der Waals surface area contributed by atoms with Crippen molar-refractivity contribution in [3.05, 3.63) is 81.6 Å². The lowest BCUT2D eigenvalue weighted by atomic mass is 10.0. The third-order valence-corrected chi connectivity index (χ3v) is 9.02. The highest BCUT2D eigenvalue weighted by molar-refractivity contribution is 7.92. The molecule has 0 amide bonds. The zero-order chi connectivity index (χ0) is 32.8. The van der Waals surface area contributed by atoms with E-state index in [4.69, 9.17) is 32.7 Å². The molecule has 17 heteroatoms. The summed E-state index contributed by atoms with van der Waals surface area (Å²) < 4.78 is 94.7. The van der Waals surface area contributed by atoms with Gasteiger partial charge in [-0.25, -0.2) is 26.5 Å². The number of aromatic amines is 1. The minimum atomic E-state index is -4.03. The fourth-order valence-corrected chi connectivity index (χ4v) is 6.30. The van der Waals surface area contributed by atoms with E-state index in [9.17, 15) is 30.4 Å². The molecule has 1 aromatic heterocycles. The minimum absolute atomic E-state index is 0.0257. The summed E-state index contributed by atoms with van der Waals surface area (Å²) in [6.07, 6.45) is 4.71. The molecule has 1 saturated carbocycles. The van der Waals surface area contributed by atoms with Gasteiger partial charge in [0.05, 0.1) is 18.6 Å². The van der Waals surface area contributed by atoms with Crippen LogP contribution in [-0.4, -0.2) is 48.8 Å². The number of pyridine rings is 1. The average molecular weight is 710 g/mol. The molecule has 0 bridgehead atoms. The van der Waals surface area contributed by atoms with Gasteiger partial charge in [0.25, 0.3) is 0 Å². The smallest absolute Gasteiger partial charge is 0.387 e. The Morgan fingerprint density at radius 3 is 2.29 bits per heavy atom. The number of aromatic nitrogens is 1. The fourth-order valence-electron chi connectivity index (χ4n) is 4.13. The van der Waals surface area contributed by atoms with Gasteiger partial charge in [-0.05, 0) is 54.2 Å². The second-order valence-corrected chi connectivity index (χ2v) is 14.7. The zero-order valence-electron chi connectivity index (χ0n) is 23.8. The van der Waals surface area contributed by atoms with Crippen LogP contribution in [-0.2, 0) is 41.8 Å². The molecule has 0 spiro atoms. The number of H-pyrrole nitrogens is 1. The summed E-state index contributed by atoms with van der Waals surface area (Å²) in [6.45, 7) is -3.53. The Bertz CT molecular complexity index is 1710. The predicted octanol–water partition coefficient (Wildman–Crippen LogP) is 4.52. The Morgan fingerprint density at radius 1 is 1.02 bits per heavy atom. The quantitative estimate of drug-likeness (QED) is 0.206. The largest absolute Gasteiger partial charge is 0.489 e. The van der Waals surface area contributed by atoms with Gasteiger partial charge in [-0.2, -0.15) is 8.78 Å². The molecule has 0 aliphatic heterocycles. The highest BCUT2D eigenvalue weighted by atomic mass is 35.5. The SMILES string of the molecule is CS(=O)(=O)Nc1ccc(CS(=O)(=O)NCC(=O)O[C@@H](Cc2c(Cl)c[nH+]cc2Cl)c2ccc(OC(F)F)c(OCC3CC3)c2)cc1. The number of nitrogens with one attached hydrogen (secondary N) is 3. The highest BCUT2D eigenvalue weighted by Crippen LogP contribution is 2.37. The molecule has 0 unspecified atom stereocenters. The second-order valence-electron chi connectivity index (χ2n) is 10.3. The first-order valence-electron chi connectivity index (χ1n) is 13.5. The van der Waals surface area contributed by atoms with Crippen LogP contribution in [0.25, 0.3) is 0 Å². The van der Waals surface area contributed by atoms with Gasteiger partial charge >= 0.3 is 12.6 Å². The Morgan fingerprint density at radius 2 is 1.69 bits per heavy atom. The summed E-state index contributed by atoms with van der Waals surface area (Å²) in [6, 6.07) is 9.77. The lowest BCUT2D eigenvalue weighted by Gasteiger charge is -2.21. The number of benzene rings is 2. The Kier molecular flexibility index (Phi) is 11.5. The third kappa shape index (κ3) is 11.3. The van der Waals surface area contributed by atoms with E-state index in [1.165, 1.54) is 54.9 Å². The van der Waals surface area contributed by atoms with Crippen molar-refractivity contribution in [3.63, 3.8) is 0 Å². The predicted molar refractivity (Wildman–Crippen MR) is 162 cm³/mol. The summed E-state index contributed by atoms with van der Waals surface area (Å²) >= 11 is 12.7. The van der Waals surface area contributed by atoms with Gasteiger partial charge in [0, 0.05) is 17.7 Å². The normalized spacial score (nSPS) is 14.2. The van der Waals surface area contributed by atoms with E-state index < -0.39 is 51.0 Å². The van der Waals surface area contributed by atoms with E-state index >= 15 is 0 Å². The van der Waals surface area contributed by atoms with Gasteiger partial charge in [0.15, 0.2) is 23.9 Å². The van der Waals surface area contributed by atoms with Crippen LogP contribution in [0.1, 0.15) is 35.6 Å². The van der Waals surface area contributed by atoms with Crippen molar-refractivity contribution < 1.29 is 49.6 Å². The molecular weight excluding hydrogens is 679 g/mol. The lowest BCUT2D eigenvalue weighted by Crippen LogP contribution is -2.32. The number of carbonyl (C=O) groups excluding carboxylic acids is 1. The molecule has 1 aliphatic carbocycles. The van der Waals surface area contributed by atoms with Crippen LogP contribution < -0.4 is 23.9 Å². The number of hydrogen-bond donors (Lipinski definition) is 2. The number of anilines is 1. The van der Waals surface area contributed by atoms with Crippen molar-refractivity contribution in [2.75, 3.05) is 24.1 Å². The maximum absolute atomic E-state index is 13.1. The lowest BCUT2D eigenvalue weighted by molar-refractivity contribution is -0.377. The molecular formula is C28H30Cl2F2N3O8S2+. The van der Waals surface area contributed by atoms with Crippen molar-refractivity contribution in [3.8, 4) is 11.5 Å². The van der Waals surface area contributed by atoms with Crippen molar-refractivity contribution in [1.29, 1.82) is 0 Å². The van der Waals surface area contributed by atoms with Gasteiger partial charge in [-0.15, -0.1) is 0 Å². The van der Waals surface area contributed by atoms with E-state index in [0.29, 0.717) is 29.2 Å². The molecule has 3 aromatic rings. The third-order valence-electron chi connectivity index (χ3n) is 6.44. The van der Waals surface area contributed by atoms with Gasteiger partial charge in [0.1, 0.15) is 22.7 Å². The zero-order valence-corrected chi connectivity index (χ0v) is 26.9. The summed E-state index contributed by atoms with van der Waals surface area (Å²) in [5, 5.41) is 0.481. The summed E-state index contributed by atoms with van der Waals surface area (Å²) in [4.78, 5) is 15.7. The first kappa shape index (κ1) is 34.6. The van der Waals surface area contributed by atoms with Crippen LogP contribution in [0.4, 0.5) is 14.5 Å². The molecule has 4 rings (SSSR count). The number of esters is 1. The van der Waals surface area contributed by atoms with Gasteiger partial charge in [-0.1, -0.05) is 41.4 Å². The molecule has 1 heterocycles. The van der Waals surface area contributed by atoms with Crippen molar-refractivity contribution in [2.24, 2.45) is 5.92 Å². The topological polar surface area (TPSA) is 151 Å². The van der Waals surface area contributed by atoms with Crippen LogP contribution in [0.5, 0.6) is 11.5 Å². The van der Waals surface area contributed by atoms with Crippen LogP contribution >= 0.6 is 23.2 Å². The van der Waals surface area contributed by atoms with Gasteiger partial charge in [-0.3, -0.25) is 9.52 Å². The van der Waals surface area contributed by atoms with Crippen LogP contribution in [0, 0.1) is 5.92 Å². The monoisotopic (exact) mass is 708 g/mol. The van der Waals surface area contributed by atoms with E-state index in [2.05, 4.69) is 19.2 Å². The standard InChI is InChI=1S/C28H29Cl2F2N3O8S2/c1-44(37,38)35-20-7-4-18(5-8-20)16-45(39,40)34-14-27(36)42-25(11-21-22(29)12-33-13-23(21)30)19-6-9-24(43-28(31)32)26(10-19)41-15-17-2-3-17/h4-10,12-13,17,25,28,34-35H,2-3,11,14-16H2,1H3/p+1/t25-/m0/s1. The Labute approximate surface area is 269 Å².